The molecule has 0 aliphatic rings. The first kappa shape index (κ1) is 17.3. The second-order valence-electron chi connectivity index (χ2n) is 5.97. The summed E-state index contributed by atoms with van der Waals surface area (Å²) in [5.41, 5.74) is 0.508. The van der Waals surface area contributed by atoms with Gasteiger partial charge in [0.2, 0.25) is 0 Å². The molecule has 0 amide bonds. The van der Waals surface area contributed by atoms with Gasteiger partial charge < -0.3 is 19.2 Å². The monoisotopic (exact) mass is 343 g/mol. The molecule has 0 bridgehead atoms. The Morgan fingerprint density at radius 2 is 2.16 bits per heavy atom. The zero-order chi connectivity index (χ0) is 17.6. The van der Waals surface area contributed by atoms with Crippen molar-refractivity contribution in [2.75, 3.05) is 20.2 Å². The molecular formula is C18H21N3O4. The first-order valence-electron chi connectivity index (χ1n) is 8.06. The van der Waals surface area contributed by atoms with E-state index >= 15 is 0 Å². The number of aliphatic hydroxyl groups is 1. The van der Waals surface area contributed by atoms with Crippen molar-refractivity contribution >= 4 is 10.9 Å². The number of aliphatic hydroxyl groups excluding tert-OH is 1. The molecule has 0 unspecified atom stereocenters. The molecule has 2 N–H and O–H groups in total. The smallest absolute Gasteiger partial charge is 0.258 e. The van der Waals surface area contributed by atoms with Crippen LogP contribution in [0, 0.1) is 0 Å². The number of nitrogens with one attached hydrogen (secondary N) is 1. The van der Waals surface area contributed by atoms with E-state index in [-0.39, 0.29) is 12.2 Å². The van der Waals surface area contributed by atoms with Gasteiger partial charge in [0.15, 0.2) is 0 Å². The number of hydrogen-bond donors (Lipinski definition) is 2. The van der Waals surface area contributed by atoms with Gasteiger partial charge in [-0.25, -0.2) is 4.98 Å². The molecule has 7 heteroatoms. The van der Waals surface area contributed by atoms with Crippen molar-refractivity contribution in [2.24, 2.45) is 0 Å². The van der Waals surface area contributed by atoms with Crippen molar-refractivity contribution in [1.82, 2.24) is 14.9 Å². The number of aromatic nitrogens is 2. The van der Waals surface area contributed by atoms with Crippen LogP contribution in [-0.2, 0) is 17.9 Å². The van der Waals surface area contributed by atoms with Gasteiger partial charge in [-0.3, -0.25) is 9.69 Å². The highest BCUT2D eigenvalue weighted by atomic mass is 16.5. The van der Waals surface area contributed by atoms with E-state index in [0.29, 0.717) is 36.4 Å². The van der Waals surface area contributed by atoms with Gasteiger partial charge in [-0.05, 0) is 31.3 Å². The molecule has 0 fully saturated rings. The summed E-state index contributed by atoms with van der Waals surface area (Å²) in [7, 11) is 1.85. The summed E-state index contributed by atoms with van der Waals surface area (Å²) < 4.78 is 10.6. The van der Waals surface area contributed by atoms with E-state index in [2.05, 4.69) is 9.97 Å². The molecule has 7 nitrogen and oxygen atoms in total. The lowest BCUT2D eigenvalue weighted by molar-refractivity contribution is 0.00741. The maximum absolute atomic E-state index is 12.1. The fourth-order valence-electron chi connectivity index (χ4n) is 2.63. The predicted molar refractivity (Wildman–Crippen MR) is 93.1 cm³/mol. The minimum absolute atomic E-state index is 0.156. The van der Waals surface area contributed by atoms with Gasteiger partial charge in [-0.1, -0.05) is 12.1 Å². The minimum atomic E-state index is -0.646. The number of hydrogen-bond acceptors (Lipinski definition) is 6. The molecule has 3 aromatic rings. The first-order valence-corrected chi connectivity index (χ1v) is 8.06. The summed E-state index contributed by atoms with van der Waals surface area (Å²) >= 11 is 0. The second kappa shape index (κ2) is 8.06. The van der Waals surface area contributed by atoms with Crippen molar-refractivity contribution in [2.45, 2.75) is 19.3 Å². The lowest BCUT2D eigenvalue weighted by atomic mass is 10.2. The average molecular weight is 343 g/mol. The lowest BCUT2D eigenvalue weighted by Crippen LogP contribution is -2.32. The average Bonchev–Trinajstić information content (AvgIpc) is 3.08. The van der Waals surface area contributed by atoms with E-state index in [9.17, 15) is 9.90 Å². The van der Waals surface area contributed by atoms with Gasteiger partial charge in [0.1, 0.15) is 18.2 Å². The Morgan fingerprint density at radius 1 is 1.32 bits per heavy atom. The van der Waals surface area contributed by atoms with Crippen molar-refractivity contribution in [3.63, 3.8) is 0 Å². The molecule has 0 spiro atoms. The Hall–Kier alpha value is -2.48. The zero-order valence-corrected chi connectivity index (χ0v) is 14.0. The Bertz CT molecular complexity index is 860. The van der Waals surface area contributed by atoms with E-state index in [1.165, 1.54) is 0 Å². The highest BCUT2D eigenvalue weighted by molar-refractivity contribution is 5.77. The number of ether oxygens (including phenoxy) is 1. The largest absolute Gasteiger partial charge is 0.467 e. The van der Waals surface area contributed by atoms with Crippen LogP contribution in [0.2, 0.25) is 0 Å². The van der Waals surface area contributed by atoms with E-state index in [4.69, 9.17) is 9.15 Å². The Labute approximate surface area is 144 Å². The third-order valence-electron chi connectivity index (χ3n) is 3.74. The third kappa shape index (κ3) is 4.76. The molecule has 0 aliphatic heterocycles. The number of H-pyrrole nitrogens is 1. The van der Waals surface area contributed by atoms with Crippen LogP contribution in [0.25, 0.3) is 10.9 Å². The molecule has 0 radical (unpaired) electrons. The number of nitrogens with zero attached hydrogens (tertiary/aromatic N) is 2. The summed E-state index contributed by atoms with van der Waals surface area (Å²) in [6.45, 7) is 1.35. The van der Waals surface area contributed by atoms with Crippen LogP contribution in [0.4, 0.5) is 0 Å². The molecule has 132 valence electrons. The van der Waals surface area contributed by atoms with Gasteiger partial charge in [0.05, 0.1) is 36.4 Å². The summed E-state index contributed by atoms with van der Waals surface area (Å²) in [4.78, 5) is 21.2. The van der Waals surface area contributed by atoms with Crippen molar-refractivity contribution < 1.29 is 14.3 Å². The third-order valence-corrected chi connectivity index (χ3v) is 3.74. The fourth-order valence-corrected chi connectivity index (χ4v) is 2.63. The van der Waals surface area contributed by atoms with E-state index in [0.717, 1.165) is 5.76 Å². The Balaban J connectivity index is 1.51. The van der Waals surface area contributed by atoms with Gasteiger partial charge in [-0.2, -0.15) is 0 Å². The van der Waals surface area contributed by atoms with Gasteiger partial charge in [0.25, 0.3) is 5.56 Å². The zero-order valence-electron chi connectivity index (χ0n) is 14.0. The highest BCUT2D eigenvalue weighted by Crippen LogP contribution is 2.07. The van der Waals surface area contributed by atoms with Crippen LogP contribution in [0.1, 0.15) is 11.6 Å². The molecule has 25 heavy (non-hydrogen) atoms. The molecule has 0 aliphatic carbocycles. The predicted octanol–water partition coefficient (Wildman–Crippen LogP) is 1.53. The highest BCUT2D eigenvalue weighted by Gasteiger charge is 2.11. The van der Waals surface area contributed by atoms with E-state index in [1.54, 1.807) is 18.4 Å². The number of benzene rings is 1. The fraction of sp³-hybridized carbons (Fsp3) is 0.333. The standard InChI is InChI=1S/C18H21N3O4/c1-21(9-13(22)11-24-12-14-5-4-8-25-14)10-17-19-16-7-3-2-6-15(16)18(23)20-17/h2-8,13,22H,9-12H2,1H3,(H,19,20,23)/t13-/m1/s1. The summed E-state index contributed by atoms with van der Waals surface area (Å²) in [6, 6.07) is 10.8. The summed E-state index contributed by atoms with van der Waals surface area (Å²) in [5.74, 6) is 1.29. The first-order chi connectivity index (χ1) is 12.1. The Kier molecular flexibility index (Phi) is 5.60. The minimum Gasteiger partial charge on any atom is -0.467 e. The molecule has 2 aromatic heterocycles. The number of rotatable bonds is 8. The number of aromatic amines is 1. The second-order valence-corrected chi connectivity index (χ2v) is 5.97. The number of likely N-dealkylation sites (N-methyl/N-ethyl adjacent to an activating group) is 1. The maximum Gasteiger partial charge on any atom is 0.258 e. The number of furan rings is 1. The quantitative estimate of drug-likeness (QED) is 0.644. The normalized spacial score (nSPS) is 12.8. The molecule has 1 atom stereocenters. The van der Waals surface area contributed by atoms with Crippen molar-refractivity contribution in [1.29, 1.82) is 0 Å². The van der Waals surface area contributed by atoms with Crippen molar-refractivity contribution in [3.05, 3.63) is 64.6 Å². The summed E-state index contributed by atoms with van der Waals surface area (Å²) in [5, 5.41) is 10.6. The molecule has 0 saturated heterocycles. The molecule has 0 saturated carbocycles. The summed E-state index contributed by atoms with van der Waals surface area (Å²) in [6.07, 6.45) is 0.937. The van der Waals surface area contributed by atoms with Crippen LogP contribution in [0.5, 0.6) is 0 Å². The SMILES string of the molecule is CN(Cc1nc2ccccc2c(=O)[nH]1)C[C@@H](O)COCc1ccco1. The van der Waals surface area contributed by atoms with Crippen LogP contribution >= 0.6 is 0 Å². The van der Waals surface area contributed by atoms with Gasteiger partial charge >= 0.3 is 0 Å². The van der Waals surface area contributed by atoms with Crippen LogP contribution < -0.4 is 5.56 Å². The molecular weight excluding hydrogens is 322 g/mol. The van der Waals surface area contributed by atoms with Crippen LogP contribution in [0.3, 0.4) is 0 Å². The lowest BCUT2D eigenvalue weighted by Gasteiger charge is -2.20. The number of fused-ring (bicyclic) bond motifs is 1. The van der Waals surface area contributed by atoms with Gasteiger partial charge in [-0.15, -0.1) is 0 Å². The molecule has 2 heterocycles. The molecule has 3 rings (SSSR count). The van der Waals surface area contributed by atoms with Crippen LogP contribution in [-0.4, -0.2) is 46.3 Å². The maximum atomic E-state index is 12.1. The number of para-hydroxylation sites is 1. The van der Waals surface area contributed by atoms with Crippen molar-refractivity contribution in [3.8, 4) is 0 Å². The van der Waals surface area contributed by atoms with E-state index in [1.807, 2.05) is 36.2 Å². The Morgan fingerprint density at radius 3 is 2.96 bits per heavy atom. The van der Waals surface area contributed by atoms with E-state index < -0.39 is 6.10 Å². The van der Waals surface area contributed by atoms with Crippen LogP contribution in [0.15, 0.2) is 51.9 Å². The topological polar surface area (TPSA) is 91.6 Å². The molecule has 1 aromatic carbocycles. The van der Waals surface area contributed by atoms with Gasteiger partial charge in [0, 0.05) is 6.54 Å².